The Labute approximate surface area is 108 Å². The number of fused-ring (bicyclic) bond motifs is 1. The fourth-order valence-electron chi connectivity index (χ4n) is 2.01. The highest BCUT2D eigenvalue weighted by atomic mass is 19.1. The molecule has 2 aromatic heterocycles. The summed E-state index contributed by atoms with van der Waals surface area (Å²) in [6, 6.07) is 9.70. The molecule has 1 aromatic carbocycles. The number of nitrogens with two attached hydrogens (primary N) is 1. The van der Waals surface area contributed by atoms with Crippen LogP contribution in [0.3, 0.4) is 0 Å². The number of ether oxygens (including phenoxy) is 1. The summed E-state index contributed by atoms with van der Waals surface area (Å²) >= 11 is 0. The van der Waals surface area contributed by atoms with Gasteiger partial charge in [0, 0.05) is 5.56 Å². The van der Waals surface area contributed by atoms with Crippen LogP contribution >= 0.6 is 0 Å². The molecule has 0 spiro atoms. The molecule has 3 rings (SSSR count). The van der Waals surface area contributed by atoms with Crippen LogP contribution in [0.1, 0.15) is 0 Å². The van der Waals surface area contributed by atoms with Gasteiger partial charge in [-0.15, -0.1) is 5.10 Å². The highest BCUT2D eigenvalue weighted by Crippen LogP contribution is 2.30. The summed E-state index contributed by atoms with van der Waals surface area (Å²) in [6.07, 6.45) is 0. The summed E-state index contributed by atoms with van der Waals surface area (Å²) in [5.41, 5.74) is 7.45. The first-order chi connectivity index (χ1) is 9.19. The highest BCUT2D eigenvalue weighted by molar-refractivity contribution is 5.69. The van der Waals surface area contributed by atoms with Crippen LogP contribution in [0.15, 0.2) is 36.4 Å². The molecule has 0 bridgehead atoms. The number of methoxy groups -OCH3 is 1. The van der Waals surface area contributed by atoms with Crippen molar-refractivity contribution in [3.05, 3.63) is 42.2 Å². The van der Waals surface area contributed by atoms with E-state index in [4.69, 9.17) is 10.5 Å². The van der Waals surface area contributed by atoms with Gasteiger partial charge in [-0.3, -0.25) is 0 Å². The van der Waals surface area contributed by atoms with Crippen LogP contribution < -0.4 is 10.5 Å². The molecule has 0 aliphatic carbocycles. The van der Waals surface area contributed by atoms with Gasteiger partial charge in [0.05, 0.1) is 12.8 Å². The SMILES string of the molecule is COc1ccc(F)cc1-c1cccc2nc(N)nn12. The van der Waals surface area contributed by atoms with Gasteiger partial charge < -0.3 is 10.5 Å². The third-order valence-corrected chi connectivity index (χ3v) is 2.81. The summed E-state index contributed by atoms with van der Waals surface area (Å²) in [6.45, 7) is 0. The molecular weight excluding hydrogens is 247 g/mol. The van der Waals surface area contributed by atoms with Crippen LogP contribution in [0.5, 0.6) is 5.75 Å². The van der Waals surface area contributed by atoms with Gasteiger partial charge in [0.15, 0.2) is 5.65 Å². The lowest BCUT2D eigenvalue weighted by molar-refractivity contribution is 0.415. The number of halogens is 1. The Morgan fingerprint density at radius 2 is 2.11 bits per heavy atom. The fourth-order valence-corrected chi connectivity index (χ4v) is 2.01. The van der Waals surface area contributed by atoms with Crippen LogP contribution in [-0.4, -0.2) is 21.7 Å². The Hall–Kier alpha value is -2.63. The molecule has 0 atom stereocenters. The zero-order valence-corrected chi connectivity index (χ0v) is 10.2. The van der Waals surface area contributed by atoms with Crippen LogP contribution in [0, 0.1) is 5.82 Å². The van der Waals surface area contributed by atoms with Crippen molar-refractivity contribution in [3.63, 3.8) is 0 Å². The maximum atomic E-state index is 13.4. The van der Waals surface area contributed by atoms with Crippen molar-refractivity contribution < 1.29 is 9.13 Å². The largest absolute Gasteiger partial charge is 0.496 e. The molecule has 0 fully saturated rings. The zero-order chi connectivity index (χ0) is 13.4. The van der Waals surface area contributed by atoms with E-state index < -0.39 is 0 Å². The molecule has 3 aromatic rings. The molecule has 0 saturated carbocycles. The van der Waals surface area contributed by atoms with Gasteiger partial charge in [0.2, 0.25) is 5.95 Å². The van der Waals surface area contributed by atoms with Gasteiger partial charge in [-0.1, -0.05) is 6.07 Å². The minimum Gasteiger partial charge on any atom is -0.496 e. The second-order valence-electron chi connectivity index (χ2n) is 4.00. The monoisotopic (exact) mass is 258 g/mol. The van der Waals surface area contributed by atoms with Crippen molar-refractivity contribution in [2.24, 2.45) is 0 Å². The molecule has 0 aliphatic heterocycles. The number of nitrogen functional groups attached to an aromatic ring is 1. The topological polar surface area (TPSA) is 65.4 Å². The van der Waals surface area contributed by atoms with Crippen LogP contribution in [-0.2, 0) is 0 Å². The van der Waals surface area contributed by atoms with Crippen molar-refractivity contribution in [3.8, 4) is 17.0 Å². The Morgan fingerprint density at radius 1 is 1.26 bits per heavy atom. The first-order valence-electron chi connectivity index (χ1n) is 5.64. The normalized spacial score (nSPS) is 10.8. The summed E-state index contributed by atoms with van der Waals surface area (Å²) in [4.78, 5) is 4.07. The third kappa shape index (κ3) is 1.87. The Kier molecular flexibility index (Phi) is 2.56. The van der Waals surface area contributed by atoms with E-state index in [0.29, 0.717) is 22.7 Å². The summed E-state index contributed by atoms with van der Waals surface area (Å²) in [5, 5.41) is 4.10. The van der Waals surface area contributed by atoms with Gasteiger partial charge >= 0.3 is 0 Å². The third-order valence-electron chi connectivity index (χ3n) is 2.81. The van der Waals surface area contributed by atoms with Crippen molar-refractivity contribution >= 4 is 11.6 Å². The molecule has 0 unspecified atom stereocenters. The molecule has 6 heteroatoms. The Bertz CT molecular complexity index is 753. The lowest BCUT2D eigenvalue weighted by Gasteiger charge is -2.09. The van der Waals surface area contributed by atoms with E-state index in [0.717, 1.165) is 0 Å². The van der Waals surface area contributed by atoms with Crippen LogP contribution in [0.2, 0.25) is 0 Å². The molecule has 2 N–H and O–H groups in total. The molecule has 19 heavy (non-hydrogen) atoms. The number of hydrogen-bond donors (Lipinski definition) is 1. The number of pyridine rings is 1. The smallest absolute Gasteiger partial charge is 0.240 e. The maximum absolute atomic E-state index is 13.4. The van der Waals surface area contributed by atoms with E-state index in [2.05, 4.69) is 10.1 Å². The zero-order valence-electron chi connectivity index (χ0n) is 10.2. The fraction of sp³-hybridized carbons (Fsp3) is 0.0769. The van der Waals surface area contributed by atoms with Gasteiger partial charge in [-0.2, -0.15) is 4.98 Å². The molecule has 0 saturated heterocycles. The lowest BCUT2D eigenvalue weighted by Crippen LogP contribution is -1.97. The summed E-state index contributed by atoms with van der Waals surface area (Å²) < 4.78 is 20.3. The molecule has 96 valence electrons. The quantitative estimate of drug-likeness (QED) is 0.764. The Balaban J connectivity index is 2.32. The average molecular weight is 258 g/mol. The highest BCUT2D eigenvalue weighted by Gasteiger charge is 2.12. The van der Waals surface area contributed by atoms with Crippen molar-refractivity contribution in [2.45, 2.75) is 0 Å². The average Bonchev–Trinajstić information content (AvgIpc) is 2.78. The van der Waals surface area contributed by atoms with Crippen LogP contribution in [0.4, 0.5) is 10.3 Å². The van der Waals surface area contributed by atoms with Gasteiger partial charge in [-0.05, 0) is 30.3 Å². The summed E-state index contributed by atoms with van der Waals surface area (Å²) in [5.74, 6) is 0.381. The number of rotatable bonds is 2. The predicted molar refractivity (Wildman–Crippen MR) is 69.3 cm³/mol. The molecule has 5 nitrogen and oxygen atoms in total. The maximum Gasteiger partial charge on any atom is 0.240 e. The van der Waals surface area contributed by atoms with E-state index in [1.165, 1.54) is 19.2 Å². The number of aromatic nitrogens is 3. The first-order valence-corrected chi connectivity index (χ1v) is 5.64. The minimum atomic E-state index is -0.346. The van der Waals surface area contributed by atoms with Gasteiger partial charge in [0.1, 0.15) is 11.6 Å². The van der Waals surface area contributed by atoms with E-state index >= 15 is 0 Å². The van der Waals surface area contributed by atoms with E-state index in [-0.39, 0.29) is 11.8 Å². The number of hydrogen-bond acceptors (Lipinski definition) is 4. The minimum absolute atomic E-state index is 0.169. The number of nitrogens with zero attached hydrogens (tertiary/aromatic N) is 3. The Morgan fingerprint density at radius 3 is 2.89 bits per heavy atom. The van der Waals surface area contributed by atoms with Gasteiger partial charge in [0.25, 0.3) is 0 Å². The van der Waals surface area contributed by atoms with E-state index in [9.17, 15) is 4.39 Å². The first kappa shape index (κ1) is 11.5. The van der Waals surface area contributed by atoms with Crippen molar-refractivity contribution in [1.82, 2.24) is 14.6 Å². The standard InChI is InChI=1S/C13H11FN4O/c1-19-11-6-5-8(14)7-9(11)10-3-2-4-12-16-13(15)17-18(10)12/h2-7H,1H3,(H2,15,17). The summed E-state index contributed by atoms with van der Waals surface area (Å²) in [7, 11) is 1.53. The molecule has 0 radical (unpaired) electrons. The van der Waals surface area contributed by atoms with Gasteiger partial charge in [-0.25, -0.2) is 8.91 Å². The van der Waals surface area contributed by atoms with Crippen molar-refractivity contribution in [2.75, 3.05) is 12.8 Å². The second-order valence-corrected chi connectivity index (χ2v) is 4.00. The number of benzene rings is 1. The second kappa shape index (κ2) is 4.24. The molecular formula is C13H11FN4O. The molecule has 2 heterocycles. The van der Waals surface area contributed by atoms with Crippen LogP contribution in [0.25, 0.3) is 16.9 Å². The lowest BCUT2D eigenvalue weighted by atomic mass is 10.1. The molecule has 0 aliphatic rings. The van der Waals surface area contributed by atoms with E-state index in [1.54, 1.807) is 22.7 Å². The predicted octanol–water partition coefficient (Wildman–Crippen LogP) is 2.13. The van der Waals surface area contributed by atoms with Crippen molar-refractivity contribution in [1.29, 1.82) is 0 Å². The molecule has 0 amide bonds. The van der Waals surface area contributed by atoms with E-state index in [1.807, 2.05) is 6.07 Å². The number of anilines is 1.